The Morgan fingerprint density at radius 1 is 0.442 bits per heavy atom. The number of carbonyl (C=O) groups excluding carboxylic acids is 2. The van der Waals surface area contributed by atoms with E-state index in [-0.39, 0.29) is 23.0 Å². The third-order valence-electron chi connectivity index (χ3n) is 10.7. The van der Waals surface area contributed by atoms with Gasteiger partial charge in [0.25, 0.3) is 0 Å². The molecule has 0 unspecified atom stereocenters. The summed E-state index contributed by atoms with van der Waals surface area (Å²) in [5.74, 6) is -0.464. The summed E-state index contributed by atoms with van der Waals surface area (Å²) in [4.78, 5) is 26.8. The fourth-order valence-corrected chi connectivity index (χ4v) is 7.91. The molecule has 0 atom stereocenters. The molecule has 4 aromatic carbocycles. The molecule has 2 heterocycles. The Labute approximate surface area is 307 Å². The average Bonchev–Trinajstić information content (AvgIpc) is 3.64. The molecule has 0 radical (unpaired) electrons. The van der Waals surface area contributed by atoms with Gasteiger partial charge in [-0.1, -0.05) is 114 Å². The van der Waals surface area contributed by atoms with Crippen molar-refractivity contribution in [3.8, 4) is 0 Å². The number of rotatable bonds is 18. The van der Waals surface area contributed by atoms with E-state index in [1.165, 1.54) is 109 Å². The predicted octanol–water partition coefficient (Wildman–Crippen LogP) is 12.1. The standard InChI is InChI=1S/C46H52N4O2/c1-3-5-7-9-11-17-27-49-41-21-15-13-19-35(41)37-29-33(23-25-43(37)49)47-39-31-46(52)40(32-45(39)51)48-34-24-26-44-38(30-34)36-20-14-16-22-42(36)50(44)28-18-12-10-8-6-4-2/h13-16,19-26,29-32,47-48H,3-12,17-18,27-28H2,1-2H3. The van der Waals surface area contributed by atoms with Gasteiger partial charge in [-0.15, -0.1) is 0 Å². The number of para-hydroxylation sites is 2. The zero-order valence-corrected chi connectivity index (χ0v) is 30.8. The molecule has 0 spiro atoms. The summed E-state index contributed by atoms with van der Waals surface area (Å²) >= 11 is 0. The second-order valence-corrected chi connectivity index (χ2v) is 14.4. The molecule has 6 heteroatoms. The van der Waals surface area contributed by atoms with Gasteiger partial charge in [0.1, 0.15) is 0 Å². The van der Waals surface area contributed by atoms with Crippen molar-refractivity contribution >= 4 is 66.6 Å². The molecule has 7 rings (SSSR count). The molecule has 0 saturated heterocycles. The van der Waals surface area contributed by atoms with Crippen molar-refractivity contribution in [2.75, 3.05) is 10.6 Å². The van der Waals surface area contributed by atoms with Crippen LogP contribution in [0.25, 0.3) is 43.6 Å². The first kappa shape index (κ1) is 35.3. The largest absolute Gasteiger partial charge is 0.352 e. The van der Waals surface area contributed by atoms with E-state index < -0.39 is 0 Å². The molecule has 0 saturated carbocycles. The Kier molecular flexibility index (Phi) is 11.2. The molecule has 52 heavy (non-hydrogen) atoms. The Bertz CT molecular complexity index is 2120. The van der Waals surface area contributed by atoms with E-state index in [1.807, 2.05) is 12.1 Å². The first-order valence-electron chi connectivity index (χ1n) is 19.6. The van der Waals surface area contributed by atoms with Crippen molar-refractivity contribution in [3.05, 3.63) is 108 Å². The molecule has 6 aromatic rings. The van der Waals surface area contributed by atoms with Crippen LogP contribution in [-0.2, 0) is 22.7 Å². The Morgan fingerprint density at radius 2 is 0.827 bits per heavy atom. The van der Waals surface area contributed by atoms with Crippen LogP contribution in [0.1, 0.15) is 90.9 Å². The zero-order chi connectivity index (χ0) is 35.9. The van der Waals surface area contributed by atoms with Gasteiger partial charge in [0, 0.05) is 80.2 Å². The number of benzene rings is 4. The van der Waals surface area contributed by atoms with Crippen molar-refractivity contribution in [2.45, 2.75) is 104 Å². The van der Waals surface area contributed by atoms with Crippen LogP contribution in [0.5, 0.6) is 0 Å². The Balaban J connectivity index is 1.05. The molecule has 1 aliphatic rings. The van der Waals surface area contributed by atoms with E-state index in [9.17, 15) is 9.59 Å². The summed E-state index contributed by atoms with van der Waals surface area (Å²) in [6.07, 6.45) is 17.9. The van der Waals surface area contributed by atoms with Gasteiger partial charge in [-0.25, -0.2) is 0 Å². The van der Waals surface area contributed by atoms with Crippen molar-refractivity contribution < 1.29 is 9.59 Å². The number of hydrogen-bond acceptors (Lipinski definition) is 4. The monoisotopic (exact) mass is 692 g/mol. The van der Waals surface area contributed by atoms with Crippen LogP contribution in [0.4, 0.5) is 11.4 Å². The lowest BCUT2D eigenvalue weighted by Crippen LogP contribution is -2.21. The number of carbonyl (C=O) groups is 2. The quantitative estimate of drug-likeness (QED) is 0.0695. The number of aromatic nitrogens is 2. The van der Waals surface area contributed by atoms with Gasteiger partial charge in [0.15, 0.2) is 0 Å². The first-order chi connectivity index (χ1) is 25.6. The summed E-state index contributed by atoms with van der Waals surface area (Å²) in [5, 5.41) is 11.2. The summed E-state index contributed by atoms with van der Waals surface area (Å²) in [6, 6.07) is 29.5. The van der Waals surface area contributed by atoms with Crippen molar-refractivity contribution in [1.82, 2.24) is 9.13 Å². The average molecular weight is 693 g/mol. The lowest BCUT2D eigenvalue weighted by atomic mass is 10.0. The van der Waals surface area contributed by atoms with Gasteiger partial charge >= 0.3 is 0 Å². The third kappa shape index (κ3) is 7.57. The minimum atomic E-state index is -0.232. The van der Waals surface area contributed by atoms with Crippen LogP contribution >= 0.6 is 0 Å². The lowest BCUT2D eigenvalue weighted by molar-refractivity contribution is -0.115. The smallest absolute Gasteiger partial charge is 0.204 e. The van der Waals surface area contributed by atoms with Gasteiger partial charge in [0.05, 0.1) is 11.4 Å². The lowest BCUT2D eigenvalue weighted by Gasteiger charge is -2.16. The molecule has 2 N–H and O–H groups in total. The second-order valence-electron chi connectivity index (χ2n) is 14.4. The van der Waals surface area contributed by atoms with E-state index >= 15 is 0 Å². The maximum absolute atomic E-state index is 13.4. The molecule has 6 nitrogen and oxygen atoms in total. The van der Waals surface area contributed by atoms with Crippen LogP contribution in [0, 0.1) is 0 Å². The van der Waals surface area contributed by atoms with Gasteiger partial charge in [-0.2, -0.15) is 0 Å². The van der Waals surface area contributed by atoms with E-state index in [0.717, 1.165) is 48.1 Å². The van der Waals surface area contributed by atoms with E-state index in [1.54, 1.807) is 0 Å². The topological polar surface area (TPSA) is 68.1 Å². The summed E-state index contributed by atoms with van der Waals surface area (Å²) < 4.78 is 4.85. The van der Waals surface area contributed by atoms with Crippen LogP contribution in [0.2, 0.25) is 0 Å². The van der Waals surface area contributed by atoms with E-state index in [0.29, 0.717) is 0 Å². The van der Waals surface area contributed by atoms with Gasteiger partial charge in [-0.3, -0.25) is 9.59 Å². The van der Waals surface area contributed by atoms with Gasteiger partial charge in [0.2, 0.25) is 11.6 Å². The number of unbranched alkanes of at least 4 members (excludes halogenated alkanes) is 10. The first-order valence-corrected chi connectivity index (χ1v) is 19.6. The number of aryl methyl sites for hydroxylation is 2. The normalized spacial score (nSPS) is 13.4. The van der Waals surface area contributed by atoms with Crippen LogP contribution in [0.15, 0.2) is 108 Å². The number of fused-ring (bicyclic) bond motifs is 6. The number of allylic oxidation sites excluding steroid dienone is 2. The van der Waals surface area contributed by atoms with Crippen LogP contribution in [0.3, 0.4) is 0 Å². The Morgan fingerprint density at radius 3 is 1.27 bits per heavy atom. The maximum Gasteiger partial charge on any atom is 0.204 e. The molecular weight excluding hydrogens is 641 g/mol. The molecule has 0 bridgehead atoms. The number of hydrogen-bond donors (Lipinski definition) is 2. The van der Waals surface area contributed by atoms with Crippen LogP contribution < -0.4 is 10.6 Å². The number of anilines is 2. The molecule has 0 amide bonds. The van der Waals surface area contributed by atoms with E-state index in [2.05, 4.69) is 106 Å². The molecule has 2 aromatic heterocycles. The van der Waals surface area contributed by atoms with Gasteiger partial charge in [-0.05, 0) is 61.4 Å². The second kappa shape index (κ2) is 16.5. The highest BCUT2D eigenvalue weighted by Crippen LogP contribution is 2.34. The minimum Gasteiger partial charge on any atom is -0.352 e. The Hall–Kier alpha value is -5.10. The molecule has 268 valence electrons. The molecule has 1 aliphatic carbocycles. The molecular formula is C46H52N4O2. The third-order valence-corrected chi connectivity index (χ3v) is 10.7. The zero-order valence-electron chi connectivity index (χ0n) is 30.8. The highest BCUT2D eigenvalue weighted by atomic mass is 16.1. The number of nitrogens with zero attached hydrogens (tertiary/aromatic N) is 2. The van der Waals surface area contributed by atoms with Crippen molar-refractivity contribution in [2.24, 2.45) is 0 Å². The number of ketones is 2. The number of nitrogens with one attached hydrogen (secondary N) is 2. The molecule has 0 aliphatic heterocycles. The van der Waals surface area contributed by atoms with Gasteiger partial charge < -0.3 is 19.8 Å². The minimum absolute atomic E-state index is 0.232. The fraction of sp³-hybridized carbons (Fsp3) is 0.348. The molecule has 0 fully saturated rings. The van der Waals surface area contributed by atoms with Crippen molar-refractivity contribution in [1.29, 1.82) is 0 Å². The highest BCUT2D eigenvalue weighted by Gasteiger charge is 2.22. The van der Waals surface area contributed by atoms with Crippen LogP contribution in [-0.4, -0.2) is 20.7 Å². The summed E-state index contributed by atoms with van der Waals surface area (Å²) in [5.41, 5.74) is 6.96. The van der Waals surface area contributed by atoms with E-state index in [4.69, 9.17) is 0 Å². The summed E-state index contributed by atoms with van der Waals surface area (Å²) in [7, 11) is 0. The maximum atomic E-state index is 13.4. The fourth-order valence-electron chi connectivity index (χ4n) is 7.91. The summed E-state index contributed by atoms with van der Waals surface area (Å²) in [6.45, 7) is 6.47. The highest BCUT2D eigenvalue weighted by molar-refractivity contribution is 6.22. The SMILES string of the molecule is CCCCCCCCn1c2ccccc2c2cc(NC3=CC(=O)C(Nc4ccc5c(c4)c4ccccc4n5CCCCCCCC)=CC3=O)ccc21. The predicted molar refractivity (Wildman–Crippen MR) is 219 cm³/mol. The van der Waals surface area contributed by atoms with Crippen molar-refractivity contribution in [3.63, 3.8) is 0 Å².